The first-order valence-electron chi connectivity index (χ1n) is 9.55. The first-order valence-corrected chi connectivity index (χ1v) is 9.93. The molecule has 148 valence electrons. The summed E-state index contributed by atoms with van der Waals surface area (Å²) in [5, 5.41) is 14.3. The Kier molecular flexibility index (Phi) is 3.61. The molecule has 0 saturated heterocycles. The van der Waals surface area contributed by atoms with E-state index in [9.17, 15) is 0 Å². The third-order valence-electron chi connectivity index (χ3n) is 5.66. The van der Waals surface area contributed by atoms with Crippen molar-refractivity contribution in [3.8, 4) is 22.6 Å². The van der Waals surface area contributed by atoms with Crippen LogP contribution in [0.1, 0.15) is 24.3 Å². The number of hydrogen-bond acceptors (Lipinski definition) is 6. The average Bonchev–Trinajstić information content (AvgIpc) is 3.10. The van der Waals surface area contributed by atoms with E-state index >= 15 is 0 Å². The molecule has 5 aromatic rings. The molecule has 30 heavy (non-hydrogen) atoms. The molecule has 0 aliphatic heterocycles. The monoisotopic (exact) mass is 417 g/mol. The summed E-state index contributed by atoms with van der Waals surface area (Å²) in [4.78, 5) is 11.9. The smallest absolute Gasteiger partial charge is 0.249 e. The third kappa shape index (κ3) is 2.64. The van der Waals surface area contributed by atoms with Gasteiger partial charge in [-0.15, -0.1) is 10.2 Å². The van der Waals surface area contributed by atoms with E-state index in [1.807, 2.05) is 37.9 Å². The summed E-state index contributed by atoms with van der Waals surface area (Å²) in [6.45, 7) is 0. The Morgan fingerprint density at radius 1 is 1.10 bits per heavy atom. The predicted molar refractivity (Wildman–Crippen MR) is 111 cm³/mol. The normalized spacial score (nSPS) is 15.0. The highest BCUT2D eigenvalue weighted by molar-refractivity contribution is 6.29. The zero-order valence-electron chi connectivity index (χ0n) is 16.0. The van der Waals surface area contributed by atoms with Gasteiger partial charge in [0.15, 0.2) is 0 Å². The highest BCUT2D eigenvalue weighted by Gasteiger charge is 2.51. The molecule has 0 amide bonds. The number of pyridine rings is 2. The minimum atomic E-state index is -0.270. The van der Waals surface area contributed by atoms with Crippen LogP contribution >= 0.6 is 11.6 Å². The summed E-state index contributed by atoms with van der Waals surface area (Å²) in [7, 11) is 1.89. The molecule has 6 rings (SSSR count). The van der Waals surface area contributed by atoms with Crippen molar-refractivity contribution in [2.45, 2.75) is 18.3 Å². The van der Waals surface area contributed by atoms with Crippen LogP contribution in [-0.2, 0) is 12.5 Å². The fraction of sp³-hybridized carbons (Fsp3) is 0.190. The largest absolute Gasteiger partial charge is 0.420 e. The van der Waals surface area contributed by atoms with Gasteiger partial charge in [0, 0.05) is 48.3 Å². The standard InChI is InChI=1S/C21H16ClN7O/c1-29-11-13(8-26-29)12-6-15-16(10-25-18(15)24-7-12)19-27-28-20(30-19)21(4-5-21)14-2-3-17(22)23-9-14/h2-3,6-11H,4-5H2,1H3,(H,24,25). The Balaban J connectivity index is 1.40. The summed E-state index contributed by atoms with van der Waals surface area (Å²) in [6, 6.07) is 5.83. The van der Waals surface area contributed by atoms with E-state index in [-0.39, 0.29) is 5.41 Å². The number of H-pyrrole nitrogens is 1. The van der Waals surface area contributed by atoms with Crippen LogP contribution in [0.2, 0.25) is 5.15 Å². The van der Waals surface area contributed by atoms with E-state index in [0.717, 1.165) is 46.1 Å². The Labute approximate surface area is 175 Å². The molecule has 0 radical (unpaired) electrons. The first kappa shape index (κ1) is 17.3. The fourth-order valence-electron chi connectivity index (χ4n) is 3.84. The van der Waals surface area contributed by atoms with E-state index in [1.165, 1.54) is 0 Å². The maximum absolute atomic E-state index is 6.15. The van der Waals surface area contributed by atoms with Crippen LogP contribution in [0.25, 0.3) is 33.6 Å². The van der Waals surface area contributed by atoms with Gasteiger partial charge in [-0.3, -0.25) is 4.68 Å². The van der Waals surface area contributed by atoms with Gasteiger partial charge in [0.1, 0.15) is 10.8 Å². The van der Waals surface area contributed by atoms with Crippen molar-refractivity contribution < 1.29 is 4.42 Å². The van der Waals surface area contributed by atoms with Crippen LogP contribution in [0.4, 0.5) is 0 Å². The molecule has 9 heteroatoms. The molecule has 5 heterocycles. The maximum atomic E-state index is 6.15. The second-order valence-electron chi connectivity index (χ2n) is 7.59. The van der Waals surface area contributed by atoms with Crippen LogP contribution in [0.5, 0.6) is 0 Å². The molecular formula is C21H16ClN7O. The minimum absolute atomic E-state index is 0.270. The number of halogens is 1. The second-order valence-corrected chi connectivity index (χ2v) is 7.98. The zero-order valence-corrected chi connectivity index (χ0v) is 16.8. The summed E-state index contributed by atoms with van der Waals surface area (Å²) >= 11 is 5.94. The lowest BCUT2D eigenvalue weighted by atomic mass is 9.98. The van der Waals surface area contributed by atoms with E-state index in [2.05, 4.69) is 36.3 Å². The van der Waals surface area contributed by atoms with Crippen molar-refractivity contribution in [2.75, 3.05) is 0 Å². The number of fused-ring (bicyclic) bond motifs is 1. The first-order chi connectivity index (χ1) is 14.6. The van der Waals surface area contributed by atoms with E-state index in [0.29, 0.717) is 16.9 Å². The molecule has 1 N–H and O–H groups in total. The van der Waals surface area contributed by atoms with Crippen molar-refractivity contribution in [1.82, 2.24) is 34.9 Å². The van der Waals surface area contributed by atoms with Gasteiger partial charge < -0.3 is 9.40 Å². The van der Waals surface area contributed by atoms with Crippen LogP contribution in [0.3, 0.4) is 0 Å². The lowest BCUT2D eigenvalue weighted by Gasteiger charge is -2.09. The number of hydrogen-bond donors (Lipinski definition) is 1. The lowest BCUT2D eigenvalue weighted by Crippen LogP contribution is -2.09. The number of aryl methyl sites for hydroxylation is 1. The van der Waals surface area contributed by atoms with Crippen molar-refractivity contribution >= 4 is 22.6 Å². The molecule has 0 spiro atoms. The van der Waals surface area contributed by atoms with Crippen molar-refractivity contribution in [3.05, 3.63) is 65.8 Å². The number of aromatic amines is 1. The highest BCUT2D eigenvalue weighted by Crippen LogP contribution is 2.53. The van der Waals surface area contributed by atoms with Crippen molar-refractivity contribution in [2.24, 2.45) is 7.05 Å². The van der Waals surface area contributed by atoms with Crippen LogP contribution in [0, 0.1) is 0 Å². The average molecular weight is 418 g/mol. The molecular weight excluding hydrogens is 402 g/mol. The molecule has 8 nitrogen and oxygen atoms in total. The summed E-state index contributed by atoms with van der Waals surface area (Å²) in [6.07, 6.45) is 11.1. The SMILES string of the molecule is Cn1cc(-c2cnc3[nH]cc(-c4nnc(C5(c6ccc(Cl)nc6)CC5)o4)c3c2)cn1. The van der Waals surface area contributed by atoms with Crippen molar-refractivity contribution in [1.29, 1.82) is 0 Å². The van der Waals surface area contributed by atoms with Crippen LogP contribution in [-0.4, -0.2) is 34.9 Å². The number of nitrogens with one attached hydrogen (secondary N) is 1. The van der Waals surface area contributed by atoms with Gasteiger partial charge in [-0.1, -0.05) is 17.7 Å². The summed E-state index contributed by atoms with van der Waals surface area (Å²) in [5.41, 5.74) is 4.34. The molecule has 1 aliphatic carbocycles. The molecule has 0 bridgehead atoms. The lowest BCUT2D eigenvalue weighted by molar-refractivity contribution is 0.472. The van der Waals surface area contributed by atoms with Gasteiger partial charge in [0.25, 0.3) is 0 Å². The third-order valence-corrected chi connectivity index (χ3v) is 5.89. The van der Waals surface area contributed by atoms with Gasteiger partial charge in [-0.25, -0.2) is 9.97 Å². The Hall–Kier alpha value is -3.52. The zero-order chi connectivity index (χ0) is 20.3. The molecule has 0 atom stereocenters. The van der Waals surface area contributed by atoms with E-state index < -0.39 is 0 Å². The van der Waals surface area contributed by atoms with Crippen molar-refractivity contribution in [3.63, 3.8) is 0 Å². The fourth-order valence-corrected chi connectivity index (χ4v) is 3.96. The van der Waals surface area contributed by atoms with Crippen LogP contribution < -0.4 is 0 Å². The highest BCUT2D eigenvalue weighted by atomic mass is 35.5. The quantitative estimate of drug-likeness (QED) is 0.441. The van der Waals surface area contributed by atoms with E-state index in [1.54, 1.807) is 16.9 Å². The van der Waals surface area contributed by atoms with Crippen LogP contribution in [0.15, 0.2) is 53.6 Å². The van der Waals surface area contributed by atoms with Gasteiger partial charge >= 0.3 is 0 Å². The second kappa shape index (κ2) is 6.24. The molecule has 1 fully saturated rings. The molecule has 1 saturated carbocycles. The molecule has 5 aromatic heterocycles. The Morgan fingerprint density at radius 2 is 2.00 bits per heavy atom. The number of rotatable bonds is 4. The van der Waals surface area contributed by atoms with Gasteiger partial charge in [0.2, 0.25) is 11.8 Å². The molecule has 0 aromatic carbocycles. The van der Waals surface area contributed by atoms with Gasteiger partial charge in [-0.05, 0) is 30.5 Å². The summed E-state index contributed by atoms with van der Waals surface area (Å²) < 4.78 is 7.92. The Morgan fingerprint density at radius 3 is 2.73 bits per heavy atom. The Bertz CT molecular complexity index is 1380. The predicted octanol–water partition coefficient (Wildman–Crippen LogP) is 4.14. The summed E-state index contributed by atoms with van der Waals surface area (Å²) in [5.74, 6) is 1.07. The van der Waals surface area contributed by atoms with Gasteiger partial charge in [0.05, 0.1) is 17.2 Å². The molecule has 0 unspecified atom stereocenters. The van der Waals surface area contributed by atoms with Gasteiger partial charge in [-0.2, -0.15) is 5.10 Å². The maximum Gasteiger partial charge on any atom is 0.249 e. The molecule has 1 aliphatic rings. The topological polar surface area (TPSA) is 98.3 Å². The number of nitrogens with zero attached hydrogens (tertiary/aromatic N) is 6. The number of aromatic nitrogens is 7. The van der Waals surface area contributed by atoms with E-state index in [4.69, 9.17) is 16.0 Å². The minimum Gasteiger partial charge on any atom is -0.420 e.